The molecule has 31 heavy (non-hydrogen) atoms. The minimum absolute atomic E-state index is 0.246. The maximum Gasteiger partial charge on any atom is 0.251 e. The number of anilines is 2. The van der Waals surface area contributed by atoms with Gasteiger partial charge >= 0.3 is 0 Å². The number of rotatable bonds is 7. The molecule has 0 aliphatic heterocycles. The summed E-state index contributed by atoms with van der Waals surface area (Å²) in [5.41, 5.74) is 3.29. The molecule has 6 heteroatoms. The lowest BCUT2D eigenvalue weighted by atomic mass is 9.98. The van der Waals surface area contributed by atoms with Gasteiger partial charge in [-0.15, -0.1) is 0 Å². The molecule has 3 aromatic carbocycles. The van der Waals surface area contributed by atoms with Crippen molar-refractivity contribution in [2.24, 2.45) is 0 Å². The van der Waals surface area contributed by atoms with Gasteiger partial charge in [-0.2, -0.15) is 0 Å². The smallest absolute Gasteiger partial charge is 0.251 e. The van der Waals surface area contributed by atoms with E-state index >= 15 is 0 Å². The third kappa shape index (κ3) is 6.54. The van der Waals surface area contributed by atoms with Crippen molar-refractivity contribution in [2.45, 2.75) is 26.3 Å². The van der Waals surface area contributed by atoms with Crippen molar-refractivity contribution in [1.29, 1.82) is 0 Å². The fraction of sp³-hybridized carbons (Fsp3) is 0.160. The number of hydrogen-bond acceptors (Lipinski definition) is 3. The van der Waals surface area contributed by atoms with Gasteiger partial charge in [0.15, 0.2) is 0 Å². The first-order valence-corrected chi connectivity index (χ1v) is 10.0. The summed E-state index contributed by atoms with van der Waals surface area (Å²) in [6, 6.07) is 24.2. The maximum atomic E-state index is 13.2. The summed E-state index contributed by atoms with van der Waals surface area (Å²) in [5.74, 6) is -0.835. The lowest BCUT2D eigenvalue weighted by Gasteiger charge is -2.20. The van der Waals surface area contributed by atoms with E-state index in [1.165, 1.54) is 13.8 Å². The average molecular weight is 415 g/mol. The molecule has 0 aliphatic carbocycles. The number of carbonyl (C=O) groups is 3. The van der Waals surface area contributed by atoms with Crippen LogP contribution in [0, 0.1) is 0 Å². The summed E-state index contributed by atoms with van der Waals surface area (Å²) in [5, 5.41) is 8.43. The van der Waals surface area contributed by atoms with Crippen LogP contribution in [-0.4, -0.2) is 17.7 Å². The van der Waals surface area contributed by atoms with Gasteiger partial charge in [0.2, 0.25) is 11.8 Å². The molecule has 0 radical (unpaired) electrons. The molecule has 158 valence electrons. The normalized spacial score (nSPS) is 11.3. The summed E-state index contributed by atoms with van der Waals surface area (Å²) in [6.45, 7) is 2.77. The molecule has 0 saturated heterocycles. The first-order valence-electron chi connectivity index (χ1n) is 10.0. The Bertz CT molecular complexity index is 1030. The SMILES string of the molecule is CC(=O)Nc1cc(NC(C)=O)cc(C(=O)NC(Cc2ccccc2)c2ccccc2)c1. The zero-order chi connectivity index (χ0) is 22.2. The molecular weight excluding hydrogens is 390 g/mol. The summed E-state index contributed by atoms with van der Waals surface area (Å²) < 4.78 is 0. The highest BCUT2D eigenvalue weighted by molar-refractivity contribution is 6.00. The topological polar surface area (TPSA) is 87.3 Å². The Morgan fingerprint density at radius 1 is 0.742 bits per heavy atom. The van der Waals surface area contributed by atoms with Crippen LogP contribution in [0.4, 0.5) is 11.4 Å². The Morgan fingerprint density at radius 2 is 1.26 bits per heavy atom. The fourth-order valence-corrected chi connectivity index (χ4v) is 3.34. The van der Waals surface area contributed by atoms with Gasteiger partial charge in [-0.1, -0.05) is 60.7 Å². The second-order valence-corrected chi connectivity index (χ2v) is 7.29. The van der Waals surface area contributed by atoms with Crippen LogP contribution < -0.4 is 16.0 Å². The van der Waals surface area contributed by atoms with Gasteiger partial charge in [-0.25, -0.2) is 0 Å². The van der Waals surface area contributed by atoms with Crippen molar-refractivity contribution >= 4 is 29.1 Å². The molecule has 0 heterocycles. The molecule has 0 aliphatic rings. The van der Waals surface area contributed by atoms with Gasteiger partial charge in [0, 0.05) is 30.8 Å². The minimum Gasteiger partial charge on any atom is -0.345 e. The summed E-state index contributed by atoms with van der Waals surface area (Å²) in [7, 11) is 0. The van der Waals surface area contributed by atoms with Crippen molar-refractivity contribution in [3.8, 4) is 0 Å². The zero-order valence-electron chi connectivity index (χ0n) is 17.5. The molecule has 3 amide bonds. The van der Waals surface area contributed by atoms with Crippen LogP contribution in [-0.2, 0) is 16.0 Å². The molecule has 0 saturated carbocycles. The molecule has 1 unspecified atom stereocenters. The second kappa shape index (κ2) is 10.2. The molecule has 3 aromatic rings. The molecular formula is C25H25N3O3. The van der Waals surface area contributed by atoms with Crippen LogP contribution in [0.3, 0.4) is 0 Å². The van der Waals surface area contributed by atoms with Gasteiger partial charge < -0.3 is 16.0 Å². The van der Waals surface area contributed by atoms with Gasteiger partial charge in [0.1, 0.15) is 0 Å². The van der Waals surface area contributed by atoms with E-state index in [2.05, 4.69) is 16.0 Å². The summed E-state index contributed by atoms with van der Waals surface area (Å²) in [6.07, 6.45) is 0.626. The zero-order valence-corrected chi connectivity index (χ0v) is 17.5. The Morgan fingerprint density at radius 3 is 1.77 bits per heavy atom. The van der Waals surface area contributed by atoms with E-state index < -0.39 is 0 Å². The molecule has 0 aromatic heterocycles. The highest BCUT2D eigenvalue weighted by Crippen LogP contribution is 2.22. The van der Waals surface area contributed by atoms with Crippen LogP contribution in [0.25, 0.3) is 0 Å². The monoisotopic (exact) mass is 415 g/mol. The lowest BCUT2D eigenvalue weighted by molar-refractivity contribution is -0.115. The third-order valence-electron chi connectivity index (χ3n) is 4.63. The van der Waals surface area contributed by atoms with Crippen molar-refractivity contribution in [2.75, 3.05) is 10.6 Å². The van der Waals surface area contributed by atoms with Crippen molar-refractivity contribution in [1.82, 2.24) is 5.32 Å². The Balaban J connectivity index is 1.89. The average Bonchev–Trinajstić information content (AvgIpc) is 2.73. The van der Waals surface area contributed by atoms with Gasteiger partial charge in [0.05, 0.1) is 6.04 Å². The van der Waals surface area contributed by atoms with Crippen LogP contribution in [0.15, 0.2) is 78.9 Å². The van der Waals surface area contributed by atoms with Crippen molar-refractivity contribution in [3.05, 3.63) is 95.6 Å². The largest absolute Gasteiger partial charge is 0.345 e. The highest BCUT2D eigenvalue weighted by Gasteiger charge is 2.18. The van der Waals surface area contributed by atoms with Crippen LogP contribution in [0.1, 0.15) is 41.4 Å². The van der Waals surface area contributed by atoms with Gasteiger partial charge in [-0.05, 0) is 35.7 Å². The quantitative estimate of drug-likeness (QED) is 0.537. The first kappa shape index (κ1) is 21.8. The van der Waals surface area contributed by atoms with E-state index in [9.17, 15) is 14.4 Å². The molecule has 1 atom stereocenters. The molecule has 0 fully saturated rings. The Hall–Kier alpha value is -3.93. The molecule has 0 bridgehead atoms. The predicted octanol–water partition coefficient (Wildman–Crippen LogP) is 4.32. The Labute approximate surface area is 181 Å². The second-order valence-electron chi connectivity index (χ2n) is 7.29. The number of amides is 3. The molecule has 3 N–H and O–H groups in total. The van der Waals surface area contributed by atoms with Crippen molar-refractivity contribution in [3.63, 3.8) is 0 Å². The van der Waals surface area contributed by atoms with E-state index in [1.54, 1.807) is 18.2 Å². The van der Waals surface area contributed by atoms with E-state index in [-0.39, 0.29) is 23.8 Å². The number of benzene rings is 3. The summed E-state index contributed by atoms with van der Waals surface area (Å²) in [4.78, 5) is 36.1. The van der Waals surface area contributed by atoms with Crippen molar-refractivity contribution < 1.29 is 14.4 Å². The number of hydrogen-bond donors (Lipinski definition) is 3. The number of carbonyl (C=O) groups excluding carboxylic acids is 3. The first-order chi connectivity index (χ1) is 14.9. The third-order valence-corrected chi connectivity index (χ3v) is 4.63. The standard InChI is InChI=1S/C25H25N3O3/c1-17(29)26-22-14-21(15-23(16-22)27-18(2)30)25(31)28-24(20-11-7-4-8-12-20)13-19-9-5-3-6-10-19/h3-12,14-16,24H,13H2,1-2H3,(H,26,29)(H,27,30)(H,28,31). The lowest BCUT2D eigenvalue weighted by Crippen LogP contribution is -2.30. The Kier molecular flexibility index (Phi) is 7.17. The fourth-order valence-electron chi connectivity index (χ4n) is 3.34. The molecule has 0 spiro atoms. The maximum absolute atomic E-state index is 13.2. The van der Waals surface area contributed by atoms with E-state index in [4.69, 9.17) is 0 Å². The van der Waals surface area contributed by atoms with E-state index in [0.717, 1.165) is 11.1 Å². The number of nitrogens with one attached hydrogen (secondary N) is 3. The van der Waals surface area contributed by atoms with Crippen LogP contribution in [0.5, 0.6) is 0 Å². The van der Waals surface area contributed by atoms with Crippen LogP contribution >= 0.6 is 0 Å². The van der Waals surface area contributed by atoms with Crippen LogP contribution in [0.2, 0.25) is 0 Å². The van der Waals surface area contributed by atoms with E-state index in [1.807, 2.05) is 60.7 Å². The molecule has 3 rings (SSSR count). The summed E-state index contributed by atoms with van der Waals surface area (Å²) >= 11 is 0. The van der Waals surface area contributed by atoms with Gasteiger partial charge in [0.25, 0.3) is 5.91 Å². The van der Waals surface area contributed by atoms with E-state index in [0.29, 0.717) is 23.4 Å². The highest BCUT2D eigenvalue weighted by atomic mass is 16.2. The predicted molar refractivity (Wildman–Crippen MR) is 122 cm³/mol. The van der Waals surface area contributed by atoms with Gasteiger partial charge in [-0.3, -0.25) is 14.4 Å². The minimum atomic E-state index is -0.302. The molecule has 6 nitrogen and oxygen atoms in total.